The van der Waals surface area contributed by atoms with E-state index in [1.807, 2.05) is 0 Å². The van der Waals surface area contributed by atoms with Gasteiger partial charge in [0.15, 0.2) is 0 Å². The molecule has 54 heavy (non-hydrogen) atoms. The van der Waals surface area contributed by atoms with Gasteiger partial charge in [-0.2, -0.15) is 0 Å². The third-order valence-corrected chi connectivity index (χ3v) is 11.0. The molecule has 0 amide bonds. The molecule has 0 aromatic heterocycles. The molecule has 8 heteroatoms. The Morgan fingerprint density at radius 1 is 0.315 bits per heavy atom. The van der Waals surface area contributed by atoms with E-state index in [2.05, 4.69) is 27.7 Å². The predicted octanol–water partition coefficient (Wildman–Crippen LogP) is 13.8. The van der Waals surface area contributed by atoms with Crippen molar-refractivity contribution in [3.63, 3.8) is 0 Å². The summed E-state index contributed by atoms with van der Waals surface area (Å²) in [5, 5.41) is 40.8. The minimum Gasteiger partial charge on any atom is -0.478 e. The van der Waals surface area contributed by atoms with E-state index in [0.29, 0.717) is 12.8 Å². The van der Waals surface area contributed by atoms with Crippen LogP contribution in [0.15, 0.2) is 0 Å². The molecular formula is C46H78O8. The van der Waals surface area contributed by atoms with E-state index >= 15 is 0 Å². The van der Waals surface area contributed by atoms with Crippen LogP contribution in [0, 0.1) is 11.8 Å². The SMILES string of the molecule is CC(C)CCCCCCCCCCCCCCCc1c(C(=O)O)c(C(=O)O)c(CCCCCCCCCCCCCCCC(C)C)c(C(=O)O)c1C(=O)O. The van der Waals surface area contributed by atoms with Gasteiger partial charge in [-0.15, -0.1) is 0 Å². The Morgan fingerprint density at radius 3 is 0.648 bits per heavy atom. The second-order valence-corrected chi connectivity index (χ2v) is 16.7. The minimum atomic E-state index is -1.54. The molecule has 0 heterocycles. The lowest BCUT2D eigenvalue weighted by atomic mass is 9.82. The summed E-state index contributed by atoms with van der Waals surface area (Å²) in [6.07, 6.45) is 31.5. The maximum Gasteiger partial charge on any atom is 0.336 e. The summed E-state index contributed by atoms with van der Waals surface area (Å²) in [5.74, 6) is -4.57. The topological polar surface area (TPSA) is 149 Å². The maximum atomic E-state index is 12.5. The van der Waals surface area contributed by atoms with Crippen molar-refractivity contribution in [3.8, 4) is 0 Å². The Morgan fingerprint density at radius 2 is 0.481 bits per heavy atom. The van der Waals surface area contributed by atoms with E-state index in [1.165, 1.54) is 116 Å². The van der Waals surface area contributed by atoms with Crippen LogP contribution in [0.3, 0.4) is 0 Å². The Balaban J connectivity index is 2.65. The first-order valence-electron chi connectivity index (χ1n) is 22.0. The smallest absolute Gasteiger partial charge is 0.336 e. The van der Waals surface area contributed by atoms with Gasteiger partial charge in [0, 0.05) is 0 Å². The zero-order chi connectivity index (χ0) is 40.1. The van der Waals surface area contributed by atoms with E-state index in [-0.39, 0.29) is 24.0 Å². The normalized spacial score (nSPS) is 11.5. The summed E-state index contributed by atoms with van der Waals surface area (Å²) in [7, 11) is 0. The summed E-state index contributed by atoms with van der Waals surface area (Å²) in [4.78, 5) is 50.2. The Hall–Kier alpha value is -2.90. The molecule has 0 aliphatic rings. The lowest BCUT2D eigenvalue weighted by molar-refractivity contribution is 0.0632. The van der Waals surface area contributed by atoms with E-state index in [0.717, 1.165) is 63.2 Å². The van der Waals surface area contributed by atoms with Crippen molar-refractivity contribution in [2.24, 2.45) is 11.8 Å². The molecule has 0 aliphatic heterocycles. The monoisotopic (exact) mass is 759 g/mol. The van der Waals surface area contributed by atoms with Crippen molar-refractivity contribution >= 4 is 23.9 Å². The number of benzene rings is 1. The quantitative estimate of drug-likeness (QED) is 0.0494. The fraction of sp³-hybridized carbons (Fsp3) is 0.783. The molecule has 0 bridgehead atoms. The van der Waals surface area contributed by atoms with Crippen LogP contribution in [-0.4, -0.2) is 44.3 Å². The number of aromatic carboxylic acids is 4. The van der Waals surface area contributed by atoms with Gasteiger partial charge in [-0.05, 0) is 48.6 Å². The Labute approximate surface area is 328 Å². The average molecular weight is 759 g/mol. The van der Waals surface area contributed by atoms with Crippen molar-refractivity contribution < 1.29 is 39.6 Å². The van der Waals surface area contributed by atoms with Crippen LogP contribution in [-0.2, 0) is 12.8 Å². The lowest BCUT2D eigenvalue weighted by Crippen LogP contribution is -2.24. The highest BCUT2D eigenvalue weighted by molar-refractivity contribution is 6.12. The molecule has 0 spiro atoms. The molecule has 310 valence electrons. The first-order chi connectivity index (χ1) is 25.9. The minimum absolute atomic E-state index is 0.000423. The largest absolute Gasteiger partial charge is 0.478 e. The molecule has 0 aliphatic carbocycles. The molecule has 1 aromatic carbocycles. The molecule has 0 radical (unpaired) electrons. The van der Waals surface area contributed by atoms with Gasteiger partial charge in [-0.25, -0.2) is 19.2 Å². The van der Waals surface area contributed by atoms with Gasteiger partial charge < -0.3 is 20.4 Å². The second kappa shape index (κ2) is 30.3. The highest BCUT2D eigenvalue weighted by Gasteiger charge is 2.35. The molecule has 1 rings (SSSR count). The summed E-state index contributed by atoms with van der Waals surface area (Å²) < 4.78 is 0. The molecule has 0 unspecified atom stereocenters. The van der Waals surface area contributed by atoms with Crippen LogP contribution < -0.4 is 0 Å². The number of rotatable bonds is 36. The molecule has 1 aromatic rings. The lowest BCUT2D eigenvalue weighted by Gasteiger charge is -2.20. The van der Waals surface area contributed by atoms with Crippen LogP contribution >= 0.6 is 0 Å². The summed E-state index contributed by atoms with van der Waals surface area (Å²) in [5.41, 5.74) is -2.68. The van der Waals surface area contributed by atoms with Crippen LogP contribution in [0.2, 0.25) is 0 Å². The summed E-state index contributed by atoms with van der Waals surface area (Å²) in [6.45, 7) is 9.10. The molecule has 0 saturated carbocycles. The maximum absolute atomic E-state index is 12.5. The molecule has 4 N–H and O–H groups in total. The Bertz CT molecular complexity index is 1070. The van der Waals surface area contributed by atoms with Crippen molar-refractivity contribution in [1.82, 2.24) is 0 Å². The van der Waals surface area contributed by atoms with Gasteiger partial charge in [0.1, 0.15) is 0 Å². The average Bonchev–Trinajstić information content (AvgIpc) is 3.10. The van der Waals surface area contributed by atoms with Crippen molar-refractivity contribution in [2.45, 2.75) is 220 Å². The third-order valence-electron chi connectivity index (χ3n) is 11.0. The fourth-order valence-corrected chi connectivity index (χ4v) is 7.90. The van der Waals surface area contributed by atoms with Gasteiger partial charge in [-0.1, -0.05) is 195 Å². The summed E-state index contributed by atoms with van der Waals surface area (Å²) in [6, 6.07) is 0. The van der Waals surface area contributed by atoms with Gasteiger partial charge in [0.25, 0.3) is 0 Å². The second-order valence-electron chi connectivity index (χ2n) is 16.7. The number of carboxylic acid groups (broad SMARTS) is 4. The number of carbonyl (C=O) groups is 4. The molecule has 0 saturated heterocycles. The van der Waals surface area contributed by atoms with Crippen LogP contribution in [0.25, 0.3) is 0 Å². The van der Waals surface area contributed by atoms with E-state index in [1.54, 1.807) is 0 Å². The van der Waals surface area contributed by atoms with E-state index in [4.69, 9.17) is 0 Å². The van der Waals surface area contributed by atoms with E-state index < -0.39 is 46.1 Å². The molecule has 8 nitrogen and oxygen atoms in total. The van der Waals surface area contributed by atoms with Crippen molar-refractivity contribution in [2.75, 3.05) is 0 Å². The zero-order valence-corrected chi connectivity index (χ0v) is 34.8. The van der Waals surface area contributed by atoms with Crippen molar-refractivity contribution in [3.05, 3.63) is 33.4 Å². The van der Waals surface area contributed by atoms with Crippen LogP contribution in [0.4, 0.5) is 0 Å². The number of hydrogen-bond acceptors (Lipinski definition) is 4. The first-order valence-corrected chi connectivity index (χ1v) is 22.0. The molecule has 0 fully saturated rings. The zero-order valence-electron chi connectivity index (χ0n) is 34.8. The number of carboxylic acids is 4. The predicted molar refractivity (Wildman–Crippen MR) is 221 cm³/mol. The third kappa shape index (κ3) is 21.3. The van der Waals surface area contributed by atoms with Crippen molar-refractivity contribution in [1.29, 1.82) is 0 Å². The standard InChI is InChI=1S/C46H78O8/c1-35(2)31-27-23-19-15-11-7-5-9-13-17-21-25-29-33-37-39(43(47)48)41(45(51)52)38(42(46(53)54)40(37)44(49)50)34-30-26-22-18-14-10-6-8-12-16-20-24-28-32-36(3)4/h35-36H,5-34H2,1-4H3,(H,47,48)(H,49,50)(H,51,52)(H,53,54). The summed E-state index contributed by atoms with van der Waals surface area (Å²) >= 11 is 0. The van der Waals surface area contributed by atoms with Gasteiger partial charge in [0.2, 0.25) is 0 Å². The highest BCUT2D eigenvalue weighted by Crippen LogP contribution is 2.33. The van der Waals surface area contributed by atoms with Gasteiger partial charge >= 0.3 is 23.9 Å². The van der Waals surface area contributed by atoms with Crippen LogP contribution in [0.5, 0.6) is 0 Å². The fourth-order valence-electron chi connectivity index (χ4n) is 7.90. The molecule has 0 atom stereocenters. The van der Waals surface area contributed by atoms with E-state index in [9.17, 15) is 39.6 Å². The van der Waals surface area contributed by atoms with Gasteiger partial charge in [0.05, 0.1) is 22.3 Å². The van der Waals surface area contributed by atoms with Crippen LogP contribution in [0.1, 0.15) is 260 Å². The first kappa shape index (κ1) is 49.1. The Kier molecular flexibility index (Phi) is 27.6. The number of unbranched alkanes of at least 4 members (excludes halogenated alkanes) is 24. The highest BCUT2D eigenvalue weighted by atomic mass is 16.4. The molecular weight excluding hydrogens is 680 g/mol. The number of hydrogen-bond donors (Lipinski definition) is 4. The van der Waals surface area contributed by atoms with Gasteiger partial charge in [-0.3, -0.25) is 0 Å².